The minimum Gasteiger partial charge on any atom is -0.412 e. The minimum absolute atomic E-state index is 0. The highest BCUT2D eigenvalue weighted by Gasteiger charge is 2.01. The molecule has 0 unspecified atom stereocenters. The van der Waals surface area contributed by atoms with Crippen LogP contribution in [0.15, 0.2) is 84.0 Å². The van der Waals surface area contributed by atoms with Crippen LogP contribution >= 0.6 is 12.6 Å². The molecule has 0 aliphatic rings. The Morgan fingerprint density at radius 3 is 2.00 bits per heavy atom. The highest BCUT2D eigenvalue weighted by Crippen LogP contribution is 2.11. The number of hydrogen-bond acceptors (Lipinski definition) is 4. The minimum atomic E-state index is -0.317. The lowest BCUT2D eigenvalue weighted by molar-refractivity contribution is 0.262. The fraction of sp³-hybridized carbons (Fsp3) is 0. The number of nitrogens with zero attached hydrogens (tertiary/aromatic N) is 1. The third-order valence-corrected chi connectivity index (χ3v) is 3.14. The molecule has 0 radical (unpaired) electrons. The van der Waals surface area contributed by atoms with E-state index in [-0.39, 0.29) is 21.3 Å². The number of nitrogen functional groups attached to an aromatic ring is 1. The Morgan fingerprint density at radius 1 is 0.885 bits per heavy atom. The van der Waals surface area contributed by atoms with Gasteiger partial charge in [-0.15, -0.1) is 12.6 Å². The number of thiol groups is 1. The average molecular weight is 381 g/mol. The molecular weight excluding hydrogens is 352 g/mol. The molecule has 0 saturated heterocycles. The molecule has 0 saturated carbocycles. The van der Waals surface area contributed by atoms with Crippen molar-refractivity contribution in [1.82, 2.24) is 4.98 Å². The SMILES string of the molecule is Nc1ccc(NC(=O)Nc2cccnc2)cc1.O.O.Sc1ccccc1.[HH].[HH].[HH]. The van der Waals surface area contributed by atoms with E-state index in [0.29, 0.717) is 17.1 Å². The van der Waals surface area contributed by atoms with Crippen molar-refractivity contribution in [2.24, 2.45) is 0 Å². The highest BCUT2D eigenvalue weighted by molar-refractivity contribution is 7.80. The zero-order valence-corrected chi connectivity index (χ0v) is 14.8. The van der Waals surface area contributed by atoms with Crippen LogP contribution in [0.25, 0.3) is 0 Å². The summed E-state index contributed by atoms with van der Waals surface area (Å²) < 4.78 is 0. The number of rotatable bonds is 2. The van der Waals surface area contributed by atoms with Crippen LogP contribution < -0.4 is 16.4 Å². The van der Waals surface area contributed by atoms with E-state index in [4.69, 9.17) is 5.73 Å². The second kappa shape index (κ2) is 12.3. The predicted molar refractivity (Wildman–Crippen MR) is 115 cm³/mol. The smallest absolute Gasteiger partial charge is 0.323 e. The zero-order valence-electron chi connectivity index (χ0n) is 13.9. The van der Waals surface area contributed by atoms with Crippen molar-refractivity contribution in [3.63, 3.8) is 0 Å². The van der Waals surface area contributed by atoms with Crippen molar-refractivity contribution in [1.29, 1.82) is 0 Å². The zero-order chi connectivity index (χ0) is 17.2. The molecule has 8 N–H and O–H groups in total. The standard InChI is InChI=1S/C12H12N4O.C6H6S.2H2O.3H2/c13-9-3-5-10(6-4-9)15-12(17)16-11-2-1-7-14-8-11;7-6-4-2-1-3-5-6;;;;;/h1-8H,13H2,(H2,15,16,17);1-5,7H;2*1H2;3*1H. The molecule has 0 aliphatic carbocycles. The summed E-state index contributed by atoms with van der Waals surface area (Å²) in [6.45, 7) is 0. The van der Waals surface area contributed by atoms with E-state index in [1.807, 2.05) is 30.3 Å². The number of anilines is 3. The van der Waals surface area contributed by atoms with E-state index in [9.17, 15) is 4.79 Å². The third-order valence-electron chi connectivity index (χ3n) is 2.84. The van der Waals surface area contributed by atoms with Gasteiger partial charge >= 0.3 is 6.03 Å². The van der Waals surface area contributed by atoms with Gasteiger partial charge in [0.2, 0.25) is 0 Å². The molecule has 0 atom stereocenters. The van der Waals surface area contributed by atoms with Gasteiger partial charge in [0, 0.05) is 26.7 Å². The van der Waals surface area contributed by atoms with Crippen molar-refractivity contribution in [2.75, 3.05) is 16.4 Å². The Balaban J connectivity index is -0.000000227. The predicted octanol–water partition coefficient (Wildman–Crippen LogP) is 3.37. The van der Waals surface area contributed by atoms with Crippen LogP contribution in [0, 0.1) is 0 Å². The van der Waals surface area contributed by atoms with Gasteiger partial charge in [0.05, 0.1) is 11.9 Å². The molecule has 0 spiro atoms. The van der Waals surface area contributed by atoms with Crippen LogP contribution in [0.1, 0.15) is 4.28 Å². The van der Waals surface area contributed by atoms with Crippen LogP contribution in [0.5, 0.6) is 0 Å². The fourth-order valence-electron chi connectivity index (χ4n) is 1.72. The molecule has 0 aliphatic heterocycles. The van der Waals surface area contributed by atoms with Crippen LogP contribution in [0.2, 0.25) is 0 Å². The summed E-state index contributed by atoms with van der Waals surface area (Å²) in [5.41, 5.74) is 7.52. The van der Waals surface area contributed by atoms with Gasteiger partial charge in [0.1, 0.15) is 0 Å². The molecule has 3 aromatic rings. The van der Waals surface area contributed by atoms with E-state index in [1.54, 1.807) is 48.8 Å². The summed E-state index contributed by atoms with van der Waals surface area (Å²) in [5.74, 6) is 0. The van der Waals surface area contributed by atoms with Gasteiger partial charge in [0.15, 0.2) is 0 Å². The number of aromatic nitrogens is 1. The first-order valence-electron chi connectivity index (χ1n) is 7.21. The van der Waals surface area contributed by atoms with E-state index in [2.05, 4.69) is 28.2 Å². The quantitative estimate of drug-likeness (QED) is 0.399. The monoisotopic (exact) mass is 380 g/mol. The number of benzene rings is 2. The number of carbonyl (C=O) groups is 1. The molecule has 3 rings (SSSR count). The molecule has 1 aromatic heterocycles. The largest absolute Gasteiger partial charge is 0.412 e. The van der Waals surface area contributed by atoms with E-state index >= 15 is 0 Å². The molecule has 0 bridgehead atoms. The summed E-state index contributed by atoms with van der Waals surface area (Å²) in [7, 11) is 0. The number of carbonyl (C=O) groups excluding carboxylic acids is 1. The van der Waals surface area contributed by atoms with Gasteiger partial charge in [-0.2, -0.15) is 0 Å². The summed E-state index contributed by atoms with van der Waals surface area (Å²) in [5, 5.41) is 5.35. The Bertz CT molecular complexity index is 770. The second-order valence-corrected chi connectivity index (χ2v) is 5.29. The van der Waals surface area contributed by atoms with Crippen molar-refractivity contribution >= 4 is 35.7 Å². The molecule has 7 nitrogen and oxygen atoms in total. The van der Waals surface area contributed by atoms with Crippen LogP contribution in [0.4, 0.5) is 21.9 Å². The molecule has 26 heavy (non-hydrogen) atoms. The first-order valence-corrected chi connectivity index (χ1v) is 7.66. The summed E-state index contributed by atoms with van der Waals surface area (Å²) in [6, 6.07) is 19.9. The molecule has 2 amide bonds. The summed E-state index contributed by atoms with van der Waals surface area (Å²) >= 11 is 4.08. The normalized spacial score (nSPS) is 8.65. The molecular formula is C18H28N4O3S. The third kappa shape index (κ3) is 8.69. The van der Waals surface area contributed by atoms with E-state index in [0.717, 1.165) is 4.90 Å². The topological polar surface area (TPSA) is 143 Å². The second-order valence-electron chi connectivity index (χ2n) is 4.78. The average Bonchev–Trinajstić information content (AvgIpc) is 2.59. The van der Waals surface area contributed by atoms with Gasteiger partial charge in [-0.25, -0.2) is 4.79 Å². The lowest BCUT2D eigenvalue weighted by Gasteiger charge is -2.07. The van der Waals surface area contributed by atoms with Crippen LogP contribution in [-0.2, 0) is 0 Å². The highest BCUT2D eigenvalue weighted by atomic mass is 32.1. The summed E-state index contributed by atoms with van der Waals surface area (Å²) in [6.07, 6.45) is 3.21. The molecule has 1 heterocycles. The lowest BCUT2D eigenvalue weighted by Crippen LogP contribution is -2.19. The number of hydrogen-bond donors (Lipinski definition) is 4. The van der Waals surface area contributed by atoms with Gasteiger partial charge in [-0.1, -0.05) is 18.2 Å². The first-order chi connectivity index (χ1) is 11.6. The Hall–Kier alpha value is -3.07. The molecule has 144 valence electrons. The molecule has 8 heteroatoms. The van der Waals surface area contributed by atoms with Gasteiger partial charge < -0.3 is 27.3 Å². The fourth-order valence-corrected chi connectivity index (χ4v) is 1.90. The van der Waals surface area contributed by atoms with Crippen molar-refractivity contribution in [2.45, 2.75) is 4.90 Å². The van der Waals surface area contributed by atoms with E-state index in [1.165, 1.54) is 0 Å². The van der Waals surface area contributed by atoms with Crippen LogP contribution in [-0.4, -0.2) is 22.0 Å². The van der Waals surface area contributed by atoms with Gasteiger partial charge in [-0.3, -0.25) is 4.98 Å². The number of nitrogens with one attached hydrogen (secondary N) is 2. The van der Waals surface area contributed by atoms with Gasteiger partial charge in [0.25, 0.3) is 0 Å². The van der Waals surface area contributed by atoms with E-state index < -0.39 is 0 Å². The number of pyridine rings is 1. The lowest BCUT2D eigenvalue weighted by atomic mass is 10.3. The molecule has 2 aromatic carbocycles. The Morgan fingerprint density at radius 2 is 1.50 bits per heavy atom. The van der Waals surface area contributed by atoms with Crippen molar-refractivity contribution < 1.29 is 20.0 Å². The van der Waals surface area contributed by atoms with Crippen molar-refractivity contribution in [3.8, 4) is 0 Å². The first kappa shape index (κ1) is 22.9. The maximum atomic E-state index is 11.6. The Kier molecular flexibility index (Phi) is 10.9. The number of urea groups is 1. The maximum Gasteiger partial charge on any atom is 0.323 e. The molecule has 0 fully saturated rings. The summed E-state index contributed by atoms with van der Waals surface area (Å²) in [4.78, 5) is 16.5. The maximum absolute atomic E-state index is 11.6. The number of amides is 2. The number of nitrogens with two attached hydrogens (primary N) is 1. The Labute approximate surface area is 161 Å². The van der Waals surface area contributed by atoms with Gasteiger partial charge in [-0.05, 0) is 48.5 Å². The van der Waals surface area contributed by atoms with Crippen LogP contribution in [0.3, 0.4) is 0 Å². The van der Waals surface area contributed by atoms with Crippen molar-refractivity contribution in [3.05, 3.63) is 79.1 Å².